The summed E-state index contributed by atoms with van der Waals surface area (Å²) in [6.45, 7) is 6.54. The lowest BCUT2D eigenvalue weighted by molar-refractivity contribution is 1.12. The molecule has 7 rings (SSSR count). The topological polar surface area (TPSA) is 9.86 Å². The SMILES string of the molecule is Cc1ccc2c(c1)c1ccccc1n2-c1cccc2c3ccccc3n(-c3ccc(C)c(C)c3)c12. The van der Waals surface area contributed by atoms with Crippen molar-refractivity contribution in [2.75, 3.05) is 0 Å². The first-order valence-corrected chi connectivity index (χ1v) is 12.2. The van der Waals surface area contributed by atoms with E-state index in [0.717, 1.165) is 0 Å². The number of aromatic nitrogens is 2. The van der Waals surface area contributed by atoms with Crippen molar-refractivity contribution in [2.24, 2.45) is 0 Å². The molecule has 35 heavy (non-hydrogen) atoms. The Labute approximate surface area is 204 Å². The molecule has 168 valence electrons. The van der Waals surface area contributed by atoms with Crippen LogP contribution in [0.25, 0.3) is 55.0 Å². The first kappa shape index (κ1) is 20.1. The third kappa shape index (κ3) is 2.83. The maximum atomic E-state index is 2.45. The zero-order valence-electron chi connectivity index (χ0n) is 20.2. The van der Waals surface area contributed by atoms with Crippen molar-refractivity contribution in [3.63, 3.8) is 0 Å². The Bertz CT molecular complexity index is 1930. The van der Waals surface area contributed by atoms with Gasteiger partial charge in [0.2, 0.25) is 0 Å². The molecule has 2 nitrogen and oxygen atoms in total. The molecule has 7 aromatic rings. The first-order valence-electron chi connectivity index (χ1n) is 12.2. The Morgan fingerprint density at radius 1 is 0.457 bits per heavy atom. The largest absolute Gasteiger partial charge is 0.307 e. The molecule has 2 heteroatoms. The van der Waals surface area contributed by atoms with Gasteiger partial charge >= 0.3 is 0 Å². The summed E-state index contributed by atoms with van der Waals surface area (Å²) in [7, 11) is 0. The monoisotopic (exact) mass is 450 g/mol. The summed E-state index contributed by atoms with van der Waals surface area (Å²) in [5.41, 5.74) is 11.2. The Hall–Kier alpha value is -4.30. The van der Waals surface area contributed by atoms with Crippen molar-refractivity contribution >= 4 is 43.6 Å². The van der Waals surface area contributed by atoms with Crippen LogP contribution in [-0.4, -0.2) is 9.13 Å². The van der Waals surface area contributed by atoms with Crippen LogP contribution in [0.1, 0.15) is 16.7 Å². The van der Waals surface area contributed by atoms with E-state index < -0.39 is 0 Å². The smallest absolute Gasteiger partial charge is 0.0782 e. The van der Waals surface area contributed by atoms with E-state index in [0.29, 0.717) is 0 Å². The lowest BCUT2D eigenvalue weighted by Crippen LogP contribution is -2.01. The number of aryl methyl sites for hydroxylation is 3. The molecule has 0 fully saturated rings. The van der Waals surface area contributed by atoms with Gasteiger partial charge in [0, 0.05) is 27.2 Å². The van der Waals surface area contributed by atoms with Crippen LogP contribution in [0.15, 0.2) is 103 Å². The van der Waals surface area contributed by atoms with Crippen LogP contribution in [0.5, 0.6) is 0 Å². The molecule has 2 aromatic heterocycles. The van der Waals surface area contributed by atoms with Crippen LogP contribution in [0, 0.1) is 20.8 Å². The van der Waals surface area contributed by atoms with Crippen molar-refractivity contribution in [3.8, 4) is 11.4 Å². The predicted octanol–water partition coefficient (Wildman–Crippen LogP) is 8.81. The van der Waals surface area contributed by atoms with E-state index in [1.54, 1.807) is 0 Å². The highest BCUT2D eigenvalue weighted by molar-refractivity contribution is 6.15. The normalized spacial score (nSPS) is 11.9. The van der Waals surface area contributed by atoms with E-state index in [4.69, 9.17) is 0 Å². The molecule has 0 bridgehead atoms. The summed E-state index contributed by atoms with van der Waals surface area (Å²) in [5.74, 6) is 0. The predicted molar refractivity (Wildman–Crippen MR) is 149 cm³/mol. The number of rotatable bonds is 2. The Kier molecular flexibility index (Phi) is 4.22. The minimum absolute atomic E-state index is 1.20. The first-order chi connectivity index (χ1) is 17.1. The molecule has 0 aliphatic carbocycles. The number of hydrogen-bond acceptors (Lipinski definition) is 0. The van der Waals surface area contributed by atoms with Gasteiger partial charge in [-0.15, -0.1) is 0 Å². The highest BCUT2D eigenvalue weighted by atomic mass is 15.1. The van der Waals surface area contributed by atoms with Gasteiger partial charge in [-0.25, -0.2) is 0 Å². The highest BCUT2D eigenvalue weighted by Gasteiger charge is 2.19. The molecule has 0 unspecified atom stereocenters. The quantitative estimate of drug-likeness (QED) is 0.249. The van der Waals surface area contributed by atoms with E-state index in [-0.39, 0.29) is 0 Å². The molecular formula is C33H26N2. The summed E-state index contributed by atoms with van der Waals surface area (Å²) in [6, 6.07) is 37.9. The van der Waals surface area contributed by atoms with E-state index in [2.05, 4.69) is 133 Å². The molecule has 0 aliphatic rings. The molecule has 0 spiro atoms. The van der Waals surface area contributed by atoms with Crippen LogP contribution < -0.4 is 0 Å². The molecule has 2 heterocycles. The van der Waals surface area contributed by atoms with Crippen molar-refractivity contribution in [1.82, 2.24) is 9.13 Å². The van der Waals surface area contributed by atoms with Gasteiger partial charge in [0.05, 0.1) is 27.8 Å². The lowest BCUT2D eigenvalue weighted by Gasteiger charge is -2.15. The molecule has 0 amide bonds. The second-order valence-corrected chi connectivity index (χ2v) is 9.67. The minimum atomic E-state index is 1.20. The average Bonchev–Trinajstić information content (AvgIpc) is 3.39. The molecule has 0 N–H and O–H groups in total. The fourth-order valence-corrected chi connectivity index (χ4v) is 5.66. The van der Waals surface area contributed by atoms with Crippen LogP contribution >= 0.6 is 0 Å². The van der Waals surface area contributed by atoms with Crippen molar-refractivity contribution < 1.29 is 0 Å². The second-order valence-electron chi connectivity index (χ2n) is 9.67. The zero-order chi connectivity index (χ0) is 23.7. The van der Waals surface area contributed by atoms with Crippen LogP contribution in [0.3, 0.4) is 0 Å². The third-order valence-corrected chi connectivity index (χ3v) is 7.49. The van der Waals surface area contributed by atoms with Gasteiger partial charge in [0.15, 0.2) is 0 Å². The van der Waals surface area contributed by atoms with Crippen LogP contribution in [0.4, 0.5) is 0 Å². The number of hydrogen-bond donors (Lipinski definition) is 0. The molecule has 0 atom stereocenters. The maximum Gasteiger partial charge on any atom is 0.0782 e. The summed E-state index contributed by atoms with van der Waals surface area (Å²) in [5, 5.41) is 5.14. The molecular weight excluding hydrogens is 424 g/mol. The molecule has 0 aliphatic heterocycles. The Balaban J connectivity index is 1.70. The fourth-order valence-electron chi connectivity index (χ4n) is 5.66. The average molecular weight is 451 g/mol. The maximum absolute atomic E-state index is 2.45. The zero-order valence-corrected chi connectivity index (χ0v) is 20.2. The van der Waals surface area contributed by atoms with Gasteiger partial charge in [0.25, 0.3) is 0 Å². The summed E-state index contributed by atoms with van der Waals surface area (Å²) >= 11 is 0. The summed E-state index contributed by atoms with van der Waals surface area (Å²) in [6.07, 6.45) is 0. The van der Waals surface area contributed by atoms with Gasteiger partial charge in [-0.05, 0) is 74.4 Å². The Morgan fingerprint density at radius 2 is 1.11 bits per heavy atom. The standard InChI is InChI=1S/C33H26N2/c1-21-15-18-31-28(19-21)26-10-5-7-13-30(26)35(31)32-14-8-11-27-25-9-4-6-12-29(25)34(33(27)32)24-17-16-22(2)23(3)20-24/h4-20H,1-3H3. The number of nitrogens with zero attached hydrogens (tertiary/aromatic N) is 2. The van der Waals surface area contributed by atoms with E-state index in [9.17, 15) is 0 Å². The molecule has 0 saturated carbocycles. The van der Waals surface area contributed by atoms with Gasteiger partial charge in [-0.3, -0.25) is 0 Å². The summed E-state index contributed by atoms with van der Waals surface area (Å²) < 4.78 is 4.89. The number of benzene rings is 5. The van der Waals surface area contributed by atoms with E-state index in [1.165, 1.54) is 71.7 Å². The van der Waals surface area contributed by atoms with Gasteiger partial charge in [-0.2, -0.15) is 0 Å². The number of fused-ring (bicyclic) bond motifs is 6. The van der Waals surface area contributed by atoms with Crippen molar-refractivity contribution in [1.29, 1.82) is 0 Å². The third-order valence-electron chi connectivity index (χ3n) is 7.49. The van der Waals surface area contributed by atoms with E-state index >= 15 is 0 Å². The van der Waals surface area contributed by atoms with E-state index in [1.807, 2.05) is 0 Å². The molecule has 5 aromatic carbocycles. The van der Waals surface area contributed by atoms with Crippen molar-refractivity contribution in [2.45, 2.75) is 20.8 Å². The summed E-state index contributed by atoms with van der Waals surface area (Å²) in [4.78, 5) is 0. The molecule has 0 radical (unpaired) electrons. The van der Waals surface area contributed by atoms with Gasteiger partial charge in [0.1, 0.15) is 0 Å². The highest BCUT2D eigenvalue weighted by Crippen LogP contribution is 2.39. The van der Waals surface area contributed by atoms with Crippen LogP contribution in [-0.2, 0) is 0 Å². The van der Waals surface area contributed by atoms with Gasteiger partial charge < -0.3 is 9.13 Å². The second kappa shape index (κ2) is 7.35. The number of para-hydroxylation sites is 3. The van der Waals surface area contributed by atoms with Crippen molar-refractivity contribution in [3.05, 3.63) is 120 Å². The minimum Gasteiger partial charge on any atom is -0.307 e. The fraction of sp³-hybridized carbons (Fsp3) is 0.0909. The molecule has 0 saturated heterocycles. The van der Waals surface area contributed by atoms with Crippen LogP contribution in [0.2, 0.25) is 0 Å². The Morgan fingerprint density at radius 3 is 1.89 bits per heavy atom. The lowest BCUT2D eigenvalue weighted by atomic mass is 10.1. The van der Waals surface area contributed by atoms with Gasteiger partial charge in [-0.1, -0.05) is 66.2 Å².